The Labute approximate surface area is 150 Å². The van der Waals surface area contributed by atoms with Gasteiger partial charge in [0.15, 0.2) is 9.84 Å². The number of fused-ring (bicyclic) bond motifs is 1. The molecule has 0 saturated heterocycles. The zero-order chi connectivity index (χ0) is 18.0. The third kappa shape index (κ3) is 4.00. The average Bonchev–Trinajstić information content (AvgIpc) is 2.96. The first-order chi connectivity index (χ1) is 11.8. The molecule has 0 spiro atoms. The van der Waals surface area contributed by atoms with E-state index in [1.54, 1.807) is 0 Å². The Morgan fingerprint density at radius 3 is 2.72 bits per heavy atom. The maximum Gasteiger partial charge on any atom is 0.251 e. The zero-order valence-corrected chi connectivity index (χ0v) is 15.0. The van der Waals surface area contributed by atoms with Crippen LogP contribution in [-0.2, 0) is 16.3 Å². The van der Waals surface area contributed by atoms with Crippen molar-refractivity contribution in [2.45, 2.75) is 11.3 Å². The molecule has 3 rings (SSSR count). The van der Waals surface area contributed by atoms with Crippen LogP contribution in [0.25, 0.3) is 11.0 Å². The van der Waals surface area contributed by atoms with Gasteiger partial charge in [-0.15, -0.1) is 0 Å². The molecule has 6 nitrogen and oxygen atoms in total. The van der Waals surface area contributed by atoms with Crippen molar-refractivity contribution in [2.75, 3.05) is 12.8 Å². The van der Waals surface area contributed by atoms with Gasteiger partial charge in [0.1, 0.15) is 5.82 Å². The van der Waals surface area contributed by atoms with Crippen molar-refractivity contribution < 1.29 is 13.2 Å². The van der Waals surface area contributed by atoms with E-state index in [-0.39, 0.29) is 21.4 Å². The molecule has 0 aliphatic heterocycles. The SMILES string of the molecule is CS(=O)(=O)c1cc(C(=O)NCCc2nc3ccccc3[nH]2)ccc1Cl. The molecule has 0 unspecified atom stereocenters. The largest absolute Gasteiger partial charge is 0.352 e. The second-order valence-electron chi connectivity index (χ2n) is 5.62. The Hall–Kier alpha value is -2.38. The molecular weight excluding hydrogens is 362 g/mol. The predicted octanol–water partition coefficient (Wildman–Crippen LogP) is 2.59. The van der Waals surface area contributed by atoms with E-state index in [0.717, 1.165) is 23.1 Å². The Kier molecular flexibility index (Phi) is 4.78. The van der Waals surface area contributed by atoms with Gasteiger partial charge in [-0.05, 0) is 30.3 Å². The third-order valence-corrected chi connectivity index (χ3v) is 5.26. The fraction of sp³-hybridized carbons (Fsp3) is 0.176. The minimum atomic E-state index is -3.49. The highest BCUT2D eigenvalue weighted by atomic mass is 35.5. The lowest BCUT2D eigenvalue weighted by Gasteiger charge is -2.07. The Balaban J connectivity index is 1.66. The molecule has 0 atom stereocenters. The minimum absolute atomic E-state index is 0.0564. The highest BCUT2D eigenvalue weighted by molar-refractivity contribution is 7.90. The van der Waals surface area contributed by atoms with Gasteiger partial charge in [-0.2, -0.15) is 0 Å². The number of halogens is 1. The first-order valence-corrected chi connectivity index (χ1v) is 9.83. The van der Waals surface area contributed by atoms with Crippen LogP contribution in [0.5, 0.6) is 0 Å². The van der Waals surface area contributed by atoms with Gasteiger partial charge in [0, 0.05) is 24.8 Å². The van der Waals surface area contributed by atoms with Crippen molar-refractivity contribution in [3.8, 4) is 0 Å². The van der Waals surface area contributed by atoms with Crippen LogP contribution in [0.2, 0.25) is 5.02 Å². The maximum atomic E-state index is 12.2. The summed E-state index contributed by atoms with van der Waals surface area (Å²) in [6.07, 6.45) is 1.59. The van der Waals surface area contributed by atoms with Crippen LogP contribution in [-0.4, -0.2) is 37.1 Å². The second kappa shape index (κ2) is 6.85. The lowest BCUT2D eigenvalue weighted by atomic mass is 10.2. The lowest BCUT2D eigenvalue weighted by molar-refractivity contribution is 0.0954. The number of carbonyl (C=O) groups is 1. The Bertz CT molecular complexity index is 1010. The van der Waals surface area contributed by atoms with Crippen molar-refractivity contribution in [1.82, 2.24) is 15.3 Å². The van der Waals surface area contributed by atoms with Crippen LogP contribution in [0.1, 0.15) is 16.2 Å². The van der Waals surface area contributed by atoms with Crippen molar-refractivity contribution in [1.29, 1.82) is 0 Å². The molecule has 1 heterocycles. The summed E-state index contributed by atoms with van der Waals surface area (Å²) in [5.41, 5.74) is 2.06. The first-order valence-electron chi connectivity index (χ1n) is 7.56. The van der Waals surface area contributed by atoms with E-state index < -0.39 is 9.84 Å². The van der Waals surface area contributed by atoms with Crippen LogP contribution in [0.15, 0.2) is 47.4 Å². The summed E-state index contributed by atoms with van der Waals surface area (Å²) < 4.78 is 23.4. The molecule has 130 valence electrons. The van der Waals surface area contributed by atoms with E-state index in [1.165, 1.54) is 18.2 Å². The van der Waals surface area contributed by atoms with E-state index in [9.17, 15) is 13.2 Å². The number of H-pyrrole nitrogens is 1. The molecule has 0 saturated carbocycles. The van der Waals surface area contributed by atoms with Crippen LogP contribution < -0.4 is 5.32 Å². The van der Waals surface area contributed by atoms with Crippen molar-refractivity contribution in [3.05, 3.63) is 58.9 Å². The van der Waals surface area contributed by atoms with Gasteiger partial charge in [0.05, 0.1) is 21.0 Å². The van der Waals surface area contributed by atoms with Gasteiger partial charge in [-0.1, -0.05) is 23.7 Å². The normalized spacial score (nSPS) is 11.6. The first kappa shape index (κ1) is 17.4. The molecule has 8 heteroatoms. The zero-order valence-electron chi connectivity index (χ0n) is 13.4. The van der Waals surface area contributed by atoms with Crippen molar-refractivity contribution in [3.63, 3.8) is 0 Å². The molecule has 1 amide bonds. The lowest BCUT2D eigenvalue weighted by Crippen LogP contribution is -2.26. The van der Waals surface area contributed by atoms with Gasteiger partial charge in [0.2, 0.25) is 0 Å². The van der Waals surface area contributed by atoms with E-state index in [2.05, 4.69) is 15.3 Å². The molecule has 0 aliphatic carbocycles. The monoisotopic (exact) mass is 377 g/mol. The van der Waals surface area contributed by atoms with Gasteiger partial charge in [-0.25, -0.2) is 13.4 Å². The summed E-state index contributed by atoms with van der Waals surface area (Å²) >= 11 is 5.89. The number of imidazole rings is 1. The van der Waals surface area contributed by atoms with E-state index in [0.29, 0.717) is 13.0 Å². The number of amides is 1. The Morgan fingerprint density at radius 2 is 2.00 bits per heavy atom. The summed E-state index contributed by atoms with van der Waals surface area (Å²) in [7, 11) is -3.49. The molecule has 0 radical (unpaired) electrons. The number of aromatic nitrogens is 2. The van der Waals surface area contributed by atoms with E-state index >= 15 is 0 Å². The summed E-state index contributed by atoms with van der Waals surface area (Å²) in [5, 5.41) is 2.85. The molecule has 2 N–H and O–H groups in total. The fourth-order valence-corrected chi connectivity index (χ4v) is 3.75. The number of sulfone groups is 1. The van der Waals surface area contributed by atoms with Crippen LogP contribution in [0.4, 0.5) is 0 Å². The number of nitrogens with one attached hydrogen (secondary N) is 2. The number of benzene rings is 2. The van der Waals surface area contributed by atoms with Crippen LogP contribution in [0, 0.1) is 0 Å². The summed E-state index contributed by atoms with van der Waals surface area (Å²) in [6.45, 7) is 0.371. The third-order valence-electron chi connectivity index (χ3n) is 3.68. The van der Waals surface area contributed by atoms with Crippen molar-refractivity contribution >= 4 is 38.4 Å². The summed E-state index contributed by atoms with van der Waals surface area (Å²) in [4.78, 5) is 19.8. The standard InChI is InChI=1S/C17H16ClN3O3S/c1-25(23,24)15-10-11(6-7-12(15)18)17(22)19-9-8-16-20-13-4-2-3-5-14(13)21-16/h2-7,10H,8-9H2,1H3,(H,19,22)(H,20,21). The summed E-state index contributed by atoms with van der Waals surface area (Å²) in [5.74, 6) is 0.409. The number of rotatable bonds is 5. The summed E-state index contributed by atoms with van der Waals surface area (Å²) in [6, 6.07) is 11.9. The average molecular weight is 378 g/mol. The quantitative estimate of drug-likeness (QED) is 0.714. The molecular formula is C17H16ClN3O3S. The molecule has 1 aromatic heterocycles. The molecule has 2 aromatic carbocycles. The molecule has 25 heavy (non-hydrogen) atoms. The number of nitrogens with zero attached hydrogens (tertiary/aromatic N) is 1. The number of para-hydroxylation sites is 2. The predicted molar refractivity (Wildman–Crippen MR) is 96.7 cm³/mol. The second-order valence-corrected chi connectivity index (χ2v) is 8.02. The van der Waals surface area contributed by atoms with Crippen molar-refractivity contribution in [2.24, 2.45) is 0 Å². The number of carbonyl (C=O) groups excluding carboxylic acids is 1. The van der Waals surface area contributed by atoms with E-state index in [1.807, 2.05) is 24.3 Å². The highest BCUT2D eigenvalue weighted by Gasteiger charge is 2.15. The van der Waals surface area contributed by atoms with Gasteiger partial charge in [-0.3, -0.25) is 4.79 Å². The number of hydrogen-bond donors (Lipinski definition) is 2. The topological polar surface area (TPSA) is 91.9 Å². The molecule has 0 fully saturated rings. The molecule has 0 bridgehead atoms. The van der Waals surface area contributed by atoms with Gasteiger partial charge < -0.3 is 10.3 Å². The van der Waals surface area contributed by atoms with Crippen LogP contribution in [0.3, 0.4) is 0 Å². The fourth-order valence-electron chi connectivity index (χ4n) is 2.45. The van der Waals surface area contributed by atoms with E-state index in [4.69, 9.17) is 11.6 Å². The smallest absolute Gasteiger partial charge is 0.251 e. The molecule has 0 aliphatic rings. The number of hydrogen-bond acceptors (Lipinski definition) is 4. The maximum absolute atomic E-state index is 12.2. The molecule has 3 aromatic rings. The van der Waals surface area contributed by atoms with Crippen LogP contribution >= 0.6 is 11.6 Å². The minimum Gasteiger partial charge on any atom is -0.352 e. The Morgan fingerprint density at radius 1 is 1.24 bits per heavy atom. The van der Waals surface area contributed by atoms with Gasteiger partial charge in [0.25, 0.3) is 5.91 Å². The number of aromatic amines is 1. The highest BCUT2D eigenvalue weighted by Crippen LogP contribution is 2.22. The van der Waals surface area contributed by atoms with Gasteiger partial charge >= 0.3 is 0 Å².